The predicted octanol–water partition coefficient (Wildman–Crippen LogP) is 3.40. The van der Waals surface area contributed by atoms with E-state index in [0.717, 1.165) is 22.2 Å². The molecule has 1 N–H and O–H groups in total. The molecule has 3 aromatic rings. The monoisotopic (exact) mass is 307 g/mol. The van der Waals surface area contributed by atoms with Crippen LogP contribution >= 0.6 is 0 Å². The Labute approximate surface area is 133 Å². The molecule has 6 heteroatoms. The highest BCUT2D eigenvalue weighted by molar-refractivity contribution is 5.97. The number of nitrogens with zero attached hydrogens (tertiary/aromatic N) is 4. The lowest BCUT2D eigenvalue weighted by Gasteiger charge is -2.22. The summed E-state index contributed by atoms with van der Waals surface area (Å²) in [7, 11) is 1.80. The minimum absolute atomic E-state index is 0.171. The number of aromatic nitrogens is 1. The second-order valence-corrected chi connectivity index (χ2v) is 4.98. The number of pyridine rings is 1. The SMILES string of the molecule is CN(/N=C/c1cccc2cccnc12)c1ccc(N([O-])O)cc1. The van der Waals surface area contributed by atoms with Crippen molar-refractivity contribution >= 4 is 28.5 Å². The van der Waals surface area contributed by atoms with Crippen molar-refractivity contribution in [1.29, 1.82) is 0 Å². The van der Waals surface area contributed by atoms with Crippen molar-refractivity contribution in [2.45, 2.75) is 0 Å². The van der Waals surface area contributed by atoms with E-state index < -0.39 is 0 Å². The van der Waals surface area contributed by atoms with Gasteiger partial charge in [-0.3, -0.25) is 15.2 Å². The number of para-hydroxylation sites is 1. The molecule has 6 nitrogen and oxygen atoms in total. The maximum absolute atomic E-state index is 10.8. The number of benzene rings is 2. The highest BCUT2D eigenvalue weighted by Crippen LogP contribution is 2.19. The third kappa shape index (κ3) is 3.28. The third-order valence-corrected chi connectivity index (χ3v) is 3.48. The Bertz CT molecular complexity index is 826. The highest BCUT2D eigenvalue weighted by atomic mass is 16.8. The maximum Gasteiger partial charge on any atom is 0.0790 e. The average molecular weight is 307 g/mol. The fraction of sp³-hybridized carbons (Fsp3) is 0.0588. The molecule has 0 aliphatic carbocycles. The van der Waals surface area contributed by atoms with Crippen molar-refractivity contribution < 1.29 is 5.21 Å². The summed E-state index contributed by atoms with van der Waals surface area (Å²) in [4.78, 5) is 4.39. The molecule has 23 heavy (non-hydrogen) atoms. The first-order chi connectivity index (χ1) is 11.1. The quantitative estimate of drug-likeness (QED) is 0.590. The van der Waals surface area contributed by atoms with Crippen molar-refractivity contribution in [2.24, 2.45) is 5.10 Å². The van der Waals surface area contributed by atoms with Gasteiger partial charge in [-0.1, -0.05) is 24.3 Å². The van der Waals surface area contributed by atoms with E-state index in [9.17, 15) is 5.21 Å². The molecule has 2 aromatic carbocycles. The summed E-state index contributed by atoms with van der Waals surface area (Å²) in [5, 5.41) is 26.6. The molecule has 3 rings (SSSR count). The van der Waals surface area contributed by atoms with E-state index in [1.165, 1.54) is 12.1 Å². The van der Waals surface area contributed by atoms with Gasteiger partial charge in [-0.15, -0.1) is 0 Å². The van der Waals surface area contributed by atoms with Gasteiger partial charge in [0.15, 0.2) is 0 Å². The van der Waals surface area contributed by atoms with E-state index in [-0.39, 0.29) is 10.9 Å². The van der Waals surface area contributed by atoms with Gasteiger partial charge in [0.1, 0.15) is 0 Å². The zero-order chi connectivity index (χ0) is 16.2. The molecule has 0 radical (unpaired) electrons. The summed E-state index contributed by atoms with van der Waals surface area (Å²) in [6.07, 6.45) is 3.50. The van der Waals surface area contributed by atoms with Crippen LogP contribution in [0.1, 0.15) is 5.56 Å². The molecule has 0 aliphatic heterocycles. The van der Waals surface area contributed by atoms with E-state index >= 15 is 0 Å². The Hall–Kier alpha value is -2.96. The molecule has 116 valence electrons. The number of hydrogen-bond acceptors (Lipinski definition) is 6. The number of anilines is 2. The van der Waals surface area contributed by atoms with Gasteiger partial charge in [0, 0.05) is 24.2 Å². The van der Waals surface area contributed by atoms with Crippen LogP contribution in [-0.4, -0.2) is 23.5 Å². The lowest BCUT2D eigenvalue weighted by molar-refractivity contribution is 0.296. The van der Waals surface area contributed by atoms with Gasteiger partial charge < -0.3 is 10.4 Å². The third-order valence-electron chi connectivity index (χ3n) is 3.48. The number of fused-ring (bicyclic) bond motifs is 1. The Morgan fingerprint density at radius 2 is 1.74 bits per heavy atom. The molecule has 0 aliphatic rings. The van der Waals surface area contributed by atoms with Gasteiger partial charge >= 0.3 is 0 Å². The largest absolute Gasteiger partial charge is 0.733 e. The Balaban J connectivity index is 1.83. The minimum atomic E-state index is -0.172. The first-order valence-electron chi connectivity index (χ1n) is 7.03. The smallest absolute Gasteiger partial charge is 0.0790 e. The highest BCUT2D eigenvalue weighted by Gasteiger charge is 2.01. The summed E-state index contributed by atoms with van der Waals surface area (Å²) in [6.45, 7) is 0. The Morgan fingerprint density at radius 3 is 2.48 bits per heavy atom. The molecule has 1 aromatic heterocycles. The summed E-state index contributed by atoms with van der Waals surface area (Å²) in [5.41, 5.74) is 2.78. The van der Waals surface area contributed by atoms with E-state index in [4.69, 9.17) is 5.21 Å². The van der Waals surface area contributed by atoms with Crippen molar-refractivity contribution in [2.75, 3.05) is 17.3 Å². The molecular weight excluding hydrogens is 292 g/mol. The van der Waals surface area contributed by atoms with Crippen LogP contribution in [0.3, 0.4) is 0 Å². The van der Waals surface area contributed by atoms with Gasteiger partial charge in [-0.05, 0) is 30.3 Å². The van der Waals surface area contributed by atoms with Gasteiger partial charge in [-0.25, -0.2) is 0 Å². The molecule has 0 atom stereocenters. The van der Waals surface area contributed by atoms with Crippen molar-refractivity contribution in [3.63, 3.8) is 0 Å². The van der Waals surface area contributed by atoms with Gasteiger partial charge in [0.2, 0.25) is 0 Å². The second-order valence-electron chi connectivity index (χ2n) is 4.98. The Kier molecular flexibility index (Phi) is 4.18. The molecule has 0 unspecified atom stereocenters. The van der Waals surface area contributed by atoms with Gasteiger partial charge in [0.25, 0.3) is 0 Å². The first kappa shape index (κ1) is 15.0. The second kappa shape index (κ2) is 6.43. The zero-order valence-electron chi connectivity index (χ0n) is 12.5. The normalized spacial score (nSPS) is 11.1. The lowest BCUT2D eigenvalue weighted by atomic mass is 10.1. The predicted molar refractivity (Wildman–Crippen MR) is 91.8 cm³/mol. The summed E-state index contributed by atoms with van der Waals surface area (Å²) in [6, 6.07) is 16.3. The van der Waals surface area contributed by atoms with Crippen molar-refractivity contribution in [3.8, 4) is 0 Å². The lowest BCUT2D eigenvalue weighted by Crippen LogP contribution is -2.10. The van der Waals surface area contributed by atoms with E-state index in [1.54, 1.807) is 36.6 Å². The fourth-order valence-corrected chi connectivity index (χ4v) is 2.24. The molecule has 0 amide bonds. The standard InChI is InChI=1S/C17H15N4O2/c1-20(15-7-9-16(10-8-15)21(22)23)19-12-14-5-2-4-13-6-3-11-18-17(13)14/h2-12,22H,1H3/q-1/b19-12+. The topological polar surface area (TPSA) is 75.0 Å². The summed E-state index contributed by atoms with van der Waals surface area (Å²) in [5.74, 6) is 0. The van der Waals surface area contributed by atoms with Crippen LogP contribution < -0.4 is 10.2 Å². The van der Waals surface area contributed by atoms with Crippen LogP contribution in [0.15, 0.2) is 65.9 Å². The molecule has 0 spiro atoms. The molecule has 0 saturated carbocycles. The minimum Gasteiger partial charge on any atom is -0.733 e. The van der Waals surface area contributed by atoms with Crippen LogP contribution in [0.25, 0.3) is 10.9 Å². The van der Waals surface area contributed by atoms with Gasteiger partial charge in [0.05, 0.1) is 23.1 Å². The van der Waals surface area contributed by atoms with E-state index in [1.807, 2.05) is 30.3 Å². The molecule has 1 heterocycles. The number of hydrogen-bond donors (Lipinski definition) is 1. The zero-order valence-corrected chi connectivity index (χ0v) is 12.5. The molecule has 0 saturated heterocycles. The molecule has 0 bridgehead atoms. The van der Waals surface area contributed by atoms with Crippen molar-refractivity contribution in [3.05, 3.63) is 71.6 Å². The van der Waals surface area contributed by atoms with Crippen LogP contribution in [0.2, 0.25) is 0 Å². The Morgan fingerprint density at radius 1 is 1.04 bits per heavy atom. The molecule has 0 fully saturated rings. The van der Waals surface area contributed by atoms with Gasteiger partial charge in [-0.2, -0.15) is 5.10 Å². The first-order valence-corrected chi connectivity index (χ1v) is 7.03. The van der Waals surface area contributed by atoms with Crippen LogP contribution in [0.5, 0.6) is 0 Å². The average Bonchev–Trinajstić information content (AvgIpc) is 2.59. The van der Waals surface area contributed by atoms with Crippen LogP contribution in [0.4, 0.5) is 11.4 Å². The molecular formula is C17H15N4O2-. The number of rotatable bonds is 4. The number of hydrazone groups is 1. The van der Waals surface area contributed by atoms with E-state index in [2.05, 4.69) is 10.1 Å². The van der Waals surface area contributed by atoms with Crippen LogP contribution in [0, 0.1) is 5.21 Å². The van der Waals surface area contributed by atoms with Crippen molar-refractivity contribution in [1.82, 2.24) is 4.98 Å². The summed E-state index contributed by atoms with van der Waals surface area (Å²) < 4.78 is 0. The van der Waals surface area contributed by atoms with Crippen LogP contribution in [-0.2, 0) is 0 Å². The summed E-state index contributed by atoms with van der Waals surface area (Å²) >= 11 is 0. The maximum atomic E-state index is 10.8. The van der Waals surface area contributed by atoms with E-state index in [0.29, 0.717) is 0 Å². The fourth-order valence-electron chi connectivity index (χ4n) is 2.24.